The molecule has 1 amide bonds. The molecule has 0 spiro atoms. The summed E-state index contributed by atoms with van der Waals surface area (Å²) in [6.07, 6.45) is 5.00. The van der Waals surface area contributed by atoms with Gasteiger partial charge >= 0.3 is 11.8 Å². The van der Waals surface area contributed by atoms with Crippen LogP contribution in [0.3, 0.4) is 0 Å². The summed E-state index contributed by atoms with van der Waals surface area (Å²) in [7, 11) is 0. The molecule has 0 saturated carbocycles. The first kappa shape index (κ1) is 23.8. The highest BCUT2D eigenvalue weighted by molar-refractivity contribution is 7.15. The van der Waals surface area contributed by atoms with Crippen LogP contribution in [0.2, 0.25) is 4.47 Å². The van der Waals surface area contributed by atoms with Crippen LogP contribution < -0.4 is 9.47 Å². The number of halogens is 1. The third-order valence-corrected chi connectivity index (χ3v) is 6.90. The van der Waals surface area contributed by atoms with Crippen molar-refractivity contribution in [3.8, 4) is 11.1 Å². The second-order valence-corrected chi connectivity index (χ2v) is 9.80. The maximum Gasteiger partial charge on any atom is 0.333 e. The number of oxime groups is 1. The number of fused-ring (bicyclic) bond motifs is 1. The van der Waals surface area contributed by atoms with E-state index in [1.807, 2.05) is 61.5 Å². The van der Waals surface area contributed by atoms with E-state index < -0.39 is 5.92 Å². The van der Waals surface area contributed by atoms with Gasteiger partial charge in [0.15, 0.2) is 10.4 Å². The highest BCUT2D eigenvalue weighted by Crippen LogP contribution is 2.31. The first-order valence-corrected chi connectivity index (χ1v) is 12.6. The summed E-state index contributed by atoms with van der Waals surface area (Å²) in [6.45, 7) is 2.64. The molecule has 1 aliphatic rings. The highest BCUT2D eigenvalue weighted by Gasteiger charge is 2.47. The van der Waals surface area contributed by atoms with Gasteiger partial charge in [-0.15, -0.1) is 11.3 Å². The van der Waals surface area contributed by atoms with Crippen molar-refractivity contribution in [2.45, 2.75) is 19.4 Å². The lowest BCUT2D eigenvalue weighted by Crippen LogP contribution is -2.59. The molecule has 0 bridgehead atoms. The SMILES string of the molecule is CCO/N=C/c1cccc(-c2cccc(C3C(=O)N(Cc4cnc(Cl)s4)c4cccc[n+]4C3=O)c2)c1. The zero-order valence-electron chi connectivity index (χ0n) is 19.4. The van der Waals surface area contributed by atoms with Gasteiger partial charge in [0, 0.05) is 12.3 Å². The van der Waals surface area contributed by atoms with Crippen LogP contribution in [0.15, 0.2) is 84.3 Å². The van der Waals surface area contributed by atoms with E-state index >= 15 is 0 Å². The number of nitrogens with zero attached hydrogens (tertiary/aromatic N) is 4. The van der Waals surface area contributed by atoms with E-state index in [-0.39, 0.29) is 18.4 Å². The Morgan fingerprint density at radius 3 is 2.69 bits per heavy atom. The predicted molar refractivity (Wildman–Crippen MR) is 139 cm³/mol. The standard InChI is InChI=1S/C27H22ClN4O3S/c1-2-35-30-15-18-7-5-8-19(13-18)20-9-6-10-21(14-20)24-25(33)31-12-4-3-11-23(31)32(26(24)34)17-22-16-29-27(28)36-22/h3-16,24H,2,17H2,1H3/q+1/b30-15+. The van der Waals surface area contributed by atoms with E-state index in [1.165, 1.54) is 15.9 Å². The fourth-order valence-corrected chi connectivity index (χ4v) is 5.15. The number of thiazole rings is 1. The molecule has 1 aliphatic heterocycles. The Bertz CT molecular complexity index is 1470. The van der Waals surface area contributed by atoms with Gasteiger partial charge in [0.25, 0.3) is 5.82 Å². The van der Waals surface area contributed by atoms with E-state index in [0.29, 0.717) is 22.5 Å². The number of rotatable bonds is 7. The monoisotopic (exact) mass is 517 g/mol. The largest absolute Gasteiger partial charge is 0.396 e. The van der Waals surface area contributed by atoms with Crippen LogP contribution >= 0.6 is 22.9 Å². The van der Waals surface area contributed by atoms with Crippen LogP contribution in [0.1, 0.15) is 33.6 Å². The topological polar surface area (TPSA) is 75.7 Å². The Hall–Kier alpha value is -3.88. The predicted octanol–water partition coefficient (Wildman–Crippen LogP) is 5.09. The van der Waals surface area contributed by atoms with Crippen molar-refractivity contribution in [3.63, 3.8) is 0 Å². The molecule has 5 rings (SSSR count). The third-order valence-electron chi connectivity index (χ3n) is 5.80. The van der Waals surface area contributed by atoms with Crippen molar-refractivity contribution in [3.05, 3.63) is 99.6 Å². The number of anilines is 1. The first-order valence-electron chi connectivity index (χ1n) is 11.4. The smallest absolute Gasteiger partial charge is 0.333 e. The van der Waals surface area contributed by atoms with Crippen molar-refractivity contribution in [1.29, 1.82) is 0 Å². The lowest BCUT2D eigenvalue weighted by atomic mass is 9.91. The normalized spacial score (nSPS) is 15.4. The summed E-state index contributed by atoms with van der Waals surface area (Å²) in [5.74, 6) is -1.03. The molecule has 0 fully saturated rings. The lowest BCUT2D eigenvalue weighted by Gasteiger charge is -2.26. The van der Waals surface area contributed by atoms with E-state index in [4.69, 9.17) is 16.4 Å². The molecule has 7 nitrogen and oxygen atoms in total. The number of pyridine rings is 1. The zero-order chi connectivity index (χ0) is 25.1. The second kappa shape index (κ2) is 10.4. The van der Waals surface area contributed by atoms with Crippen molar-refractivity contribution < 1.29 is 19.0 Å². The number of carbonyl (C=O) groups is 2. The number of carbonyl (C=O) groups excluding carboxylic acids is 2. The molecule has 0 N–H and O–H groups in total. The quantitative estimate of drug-likeness (QED) is 0.148. The maximum atomic E-state index is 13.8. The number of benzene rings is 2. The molecule has 2 aromatic carbocycles. The lowest BCUT2D eigenvalue weighted by molar-refractivity contribution is -0.563. The van der Waals surface area contributed by atoms with Gasteiger partial charge in [0.1, 0.15) is 13.2 Å². The summed E-state index contributed by atoms with van der Waals surface area (Å²) in [5.41, 5.74) is 3.35. The molecule has 0 saturated heterocycles. The number of amides is 1. The molecule has 2 aromatic heterocycles. The van der Waals surface area contributed by atoms with Gasteiger partial charge in [0.2, 0.25) is 0 Å². The van der Waals surface area contributed by atoms with Gasteiger partial charge < -0.3 is 4.84 Å². The molecule has 9 heteroatoms. The van der Waals surface area contributed by atoms with Crippen LogP contribution in [-0.2, 0) is 16.2 Å². The number of hydrogen-bond donors (Lipinski definition) is 0. The molecule has 4 aromatic rings. The second-order valence-electron chi connectivity index (χ2n) is 8.11. The van der Waals surface area contributed by atoms with Gasteiger partial charge in [-0.2, -0.15) is 9.47 Å². The highest BCUT2D eigenvalue weighted by atomic mass is 35.5. The molecule has 0 radical (unpaired) electrons. The molecule has 36 heavy (non-hydrogen) atoms. The zero-order valence-corrected chi connectivity index (χ0v) is 20.9. The Kier molecular flexibility index (Phi) is 6.88. The third kappa shape index (κ3) is 4.78. The Balaban J connectivity index is 1.51. The molecule has 1 atom stereocenters. The minimum atomic E-state index is -0.976. The maximum absolute atomic E-state index is 13.8. The van der Waals surface area contributed by atoms with Crippen molar-refractivity contribution in [1.82, 2.24) is 4.98 Å². The van der Waals surface area contributed by atoms with Gasteiger partial charge in [0.05, 0.1) is 17.3 Å². The number of hydrogen-bond acceptors (Lipinski definition) is 6. The Morgan fingerprint density at radius 1 is 1.11 bits per heavy atom. The Morgan fingerprint density at radius 2 is 1.92 bits per heavy atom. The van der Waals surface area contributed by atoms with Crippen molar-refractivity contribution in [2.24, 2.45) is 5.16 Å². The fourth-order valence-electron chi connectivity index (χ4n) is 4.18. The molecule has 1 unspecified atom stereocenters. The van der Waals surface area contributed by atoms with Gasteiger partial charge in [-0.05, 0) is 47.4 Å². The summed E-state index contributed by atoms with van der Waals surface area (Å²) in [4.78, 5) is 38.9. The van der Waals surface area contributed by atoms with E-state index in [2.05, 4.69) is 10.1 Å². The Labute approximate surface area is 217 Å². The van der Waals surface area contributed by atoms with Gasteiger partial charge in [-0.3, -0.25) is 0 Å². The first-order chi connectivity index (χ1) is 17.5. The molecular weight excluding hydrogens is 496 g/mol. The number of aromatic nitrogens is 2. The van der Waals surface area contributed by atoms with Gasteiger partial charge in [-0.1, -0.05) is 59.2 Å². The minimum absolute atomic E-state index is 0.276. The van der Waals surface area contributed by atoms with Gasteiger partial charge in [-0.25, -0.2) is 14.6 Å². The van der Waals surface area contributed by atoms with Crippen LogP contribution in [0.5, 0.6) is 0 Å². The van der Waals surface area contributed by atoms with Crippen molar-refractivity contribution >= 4 is 46.8 Å². The molecule has 0 aliphatic carbocycles. The molecule has 180 valence electrons. The van der Waals surface area contributed by atoms with Crippen LogP contribution in [0.25, 0.3) is 11.1 Å². The van der Waals surface area contributed by atoms with E-state index in [9.17, 15) is 9.59 Å². The summed E-state index contributed by atoms with van der Waals surface area (Å²) >= 11 is 7.32. The molecule has 3 heterocycles. The summed E-state index contributed by atoms with van der Waals surface area (Å²) in [6, 6.07) is 20.7. The summed E-state index contributed by atoms with van der Waals surface area (Å²) < 4.78 is 1.94. The van der Waals surface area contributed by atoms with E-state index in [0.717, 1.165) is 21.6 Å². The average Bonchev–Trinajstić information content (AvgIpc) is 3.32. The summed E-state index contributed by atoms with van der Waals surface area (Å²) in [5, 5.41) is 3.94. The van der Waals surface area contributed by atoms with Crippen LogP contribution in [0, 0.1) is 0 Å². The minimum Gasteiger partial charge on any atom is -0.396 e. The van der Waals surface area contributed by atoms with Crippen LogP contribution in [0.4, 0.5) is 5.82 Å². The molecular formula is C27H22ClN4O3S+. The average molecular weight is 518 g/mol. The van der Waals surface area contributed by atoms with Crippen LogP contribution in [-0.4, -0.2) is 29.6 Å². The van der Waals surface area contributed by atoms with Crippen molar-refractivity contribution in [2.75, 3.05) is 11.5 Å². The van der Waals surface area contributed by atoms with E-state index in [1.54, 1.807) is 35.6 Å². The fraction of sp³-hybridized carbons (Fsp3) is 0.148.